The molecule has 2 aliphatic heterocycles. The van der Waals surface area contributed by atoms with Crippen molar-refractivity contribution in [3.63, 3.8) is 0 Å². The van der Waals surface area contributed by atoms with Crippen molar-refractivity contribution in [3.05, 3.63) is 0 Å². The Bertz CT molecular complexity index is 850. The first-order valence-corrected chi connectivity index (χ1v) is 28.9. The average Bonchev–Trinajstić information content (AvgIpc) is 3.89. The Morgan fingerprint density at radius 2 is 1.13 bits per heavy atom. The molecule has 2 rings (SSSR count). The summed E-state index contributed by atoms with van der Waals surface area (Å²) in [6, 6.07) is 1.32. The molecule has 45 heavy (non-hydrogen) atoms. The predicted molar refractivity (Wildman–Crippen MR) is 184 cm³/mol. The van der Waals surface area contributed by atoms with E-state index in [1.54, 1.807) is 28.4 Å². The second-order valence-electron chi connectivity index (χ2n) is 13.8. The van der Waals surface area contributed by atoms with Crippen LogP contribution in [0.2, 0.25) is 51.4 Å². The second-order valence-corrected chi connectivity index (χ2v) is 32.1. The van der Waals surface area contributed by atoms with Gasteiger partial charge in [-0.1, -0.05) is 6.92 Å². The molecule has 3 atom stereocenters. The fourth-order valence-corrected chi connectivity index (χ4v) is 23.7. The molecule has 2 heterocycles. The SMILES string of the molecule is CCC(O[Si](C)(C)C(C)(C)O[Si](C)(C)O[Si](CCCOCC1CO1)(OC)OC)[Si](C)(C)O[Si](CCCOCC1CO1)(OC)OC. The first-order chi connectivity index (χ1) is 20.9. The van der Waals surface area contributed by atoms with Crippen LogP contribution in [0.5, 0.6) is 0 Å². The molecular formula is C28H64O12Si5. The predicted octanol–water partition coefficient (Wildman–Crippen LogP) is 4.87. The van der Waals surface area contributed by atoms with Gasteiger partial charge in [0.15, 0.2) is 0 Å². The molecule has 2 aliphatic rings. The highest BCUT2D eigenvalue weighted by molar-refractivity contribution is 6.83. The van der Waals surface area contributed by atoms with Crippen LogP contribution in [-0.4, -0.2) is 134 Å². The number of rotatable bonds is 27. The average molecular weight is 733 g/mol. The van der Waals surface area contributed by atoms with Gasteiger partial charge in [0.2, 0.25) is 16.6 Å². The molecule has 0 amide bonds. The Morgan fingerprint density at radius 3 is 1.51 bits per heavy atom. The molecule has 2 fully saturated rings. The lowest BCUT2D eigenvalue weighted by Crippen LogP contribution is -2.65. The zero-order valence-electron chi connectivity index (χ0n) is 30.4. The summed E-state index contributed by atoms with van der Waals surface area (Å²) in [5.74, 6) is 0. The van der Waals surface area contributed by atoms with Gasteiger partial charge in [0.05, 0.1) is 37.4 Å². The Kier molecular flexibility index (Phi) is 16.7. The van der Waals surface area contributed by atoms with Crippen LogP contribution in [0.15, 0.2) is 0 Å². The van der Waals surface area contributed by atoms with Crippen molar-refractivity contribution in [3.8, 4) is 0 Å². The number of ether oxygens (including phenoxy) is 4. The molecule has 0 bridgehead atoms. The van der Waals surface area contributed by atoms with E-state index in [1.807, 2.05) is 0 Å². The van der Waals surface area contributed by atoms with Crippen LogP contribution in [0.4, 0.5) is 0 Å². The summed E-state index contributed by atoms with van der Waals surface area (Å²) >= 11 is 0. The summed E-state index contributed by atoms with van der Waals surface area (Å²) in [4.78, 5) is 0. The fraction of sp³-hybridized carbons (Fsp3) is 1.00. The molecule has 0 aliphatic carbocycles. The molecular weight excluding hydrogens is 669 g/mol. The molecule has 0 aromatic rings. The number of hydrogen-bond acceptors (Lipinski definition) is 12. The molecule has 0 spiro atoms. The maximum absolute atomic E-state index is 7.08. The Labute approximate surface area is 278 Å². The van der Waals surface area contributed by atoms with E-state index in [2.05, 4.69) is 60.1 Å². The van der Waals surface area contributed by atoms with Gasteiger partial charge in [0.25, 0.3) is 0 Å². The summed E-state index contributed by atoms with van der Waals surface area (Å²) in [5.41, 5.74) is -0.0827. The van der Waals surface area contributed by atoms with Crippen LogP contribution in [0.25, 0.3) is 0 Å². The zero-order chi connectivity index (χ0) is 34.0. The van der Waals surface area contributed by atoms with Gasteiger partial charge in [-0.05, 0) is 72.4 Å². The molecule has 0 aromatic heterocycles. The lowest BCUT2D eigenvalue weighted by atomic mass is 10.5. The first-order valence-electron chi connectivity index (χ1n) is 16.3. The molecule has 268 valence electrons. The van der Waals surface area contributed by atoms with Crippen molar-refractivity contribution in [2.75, 3.05) is 68.1 Å². The summed E-state index contributed by atoms with van der Waals surface area (Å²) in [6.07, 6.45) is 2.87. The monoisotopic (exact) mass is 732 g/mol. The minimum Gasteiger partial charge on any atom is -0.413 e. The van der Waals surface area contributed by atoms with Gasteiger partial charge in [-0.2, -0.15) is 0 Å². The first kappa shape index (κ1) is 41.8. The van der Waals surface area contributed by atoms with Crippen molar-refractivity contribution in [2.24, 2.45) is 0 Å². The van der Waals surface area contributed by atoms with Crippen LogP contribution in [0, 0.1) is 0 Å². The van der Waals surface area contributed by atoms with Gasteiger partial charge >= 0.3 is 26.2 Å². The van der Waals surface area contributed by atoms with Crippen molar-refractivity contribution >= 4 is 42.8 Å². The van der Waals surface area contributed by atoms with Crippen LogP contribution in [0.1, 0.15) is 40.0 Å². The number of hydrogen-bond donors (Lipinski definition) is 0. The Morgan fingerprint density at radius 1 is 0.711 bits per heavy atom. The molecule has 0 N–H and O–H groups in total. The third-order valence-corrected chi connectivity index (χ3v) is 26.9. The normalized spacial score (nSPS) is 20.5. The van der Waals surface area contributed by atoms with Gasteiger partial charge in [0.1, 0.15) is 12.2 Å². The van der Waals surface area contributed by atoms with Crippen molar-refractivity contribution in [2.45, 2.75) is 115 Å². The topological polar surface area (TPSA) is 117 Å². The van der Waals surface area contributed by atoms with Crippen molar-refractivity contribution in [1.82, 2.24) is 0 Å². The highest BCUT2D eigenvalue weighted by Crippen LogP contribution is 2.35. The van der Waals surface area contributed by atoms with Gasteiger partial charge < -0.3 is 53.7 Å². The van der Waals surface area contributed by atoms with Gasteiger partial charge in [0, 0.05) is 53.7 Å². The van der Waals surface area contributed by atoms with Crippen LogP contribution in [0.3, 0.4) is 0 Å². The lowest BCUT2D eigenvalue weighted by molar-refractivity contribution is 0.0731. The zero-order valence-corrected chi connectivity index (χ0v) is 35.4. The maximum atomic E-state index is 7.08. The third kappa shape index (κ3) is 13.8. The molecule has 2 saturated heterocycles. The van der Waals surface area contributed by atoms with E-state index < -0.39 is 48.0 Å². The summed E-state index contributed by atoms with van der Waals surface area (Å²) in [6.45, 7) is 23.4. The lowest BCUT2D eigenvalue weighted by Gasteiger charge is -2.48. The minimum absolute atomic E-state index is 0.0827. The van der Waals surface area contributed by atoms with Gasteiger partial charge in [-0.25, -0.2) is 0 Å². The van der Waals surface area contributed by atoms with E-state index in [1.165, 1.54) is 0 Å². The Balaban J connectivity index is 2.03. The summed E-state index contributed by atoms with van der Waals surface area (Å²) < 4.78 is 73.3. The van der Waals surface area contributed by atoms with E-state index in [-0.39, 0.29) is 17.9 Å². The van der Waals surface area contributed by atoms with E-state index in [0.717, 1.165) is 32.5 Å². The molecule has 0 saturated carbocycles. The maximum Gasteiger partial charge on any atom is 0.491 e. The molecule has 17 heteroatoms. The van der Waals surface area contributed by atoms with Crippen LogP contribution in [-0.2, 0) is 53.7 Å². The van der Waals surface area contributed by atoms with E-state index in [9.17, 15) is 0 Å². The third-order valence-electron chi connectivity index (χ3n) is 8.55. The largest absolute Gasteiger partial charge is 0.491 e. The van der Waals surface area contributed by atoms with E-state index in [0.29, 0.717) is 38.5 Å². The van der Waals surface area contributed by atoms with Gasteiger partial charge in [-0.3, -0.25) is 0 Å². The quantitative estimate of drug-likeness (QED) is 0.0652. The van der Waals surface area contributed by atoms with E-state index >= 15 is 0 Å². The molecule has 12 nitrogen and oxygen atoms in total. The van der Waals surface area contributed by atoms with Crippen molar-refractivity contribution in [1.29, 1.82) is 0 Å². The molecule has 0 aromatic carbocycles. The van der Waals surface area contributed by atoms with Crippen LogP contribution >= 0.6 is 0 Å². The minimum atomic E-state index is -2.97. The smallest absolute Gasteiger partial charge is 0.413 e. The van der Waals surface area contributed by atoms with Gasteiger partial charge in [-0.15, -0.1) is 0 Å². The van der Waals surface area contributed by atoms with Crippen molar-refractivity contribution < 1.29 is 53.7 Å². The standard InChI is InChI=1S/C28H64O12Si5/c1-14-27(41(8,9)39-44(29-4,30-5)19-15-17-33-21-25-23-35-25)37-42(10,11)28(2,3)38-43(12,13)40-45(31-6,32-7)20-16-18-34-22-26-24-36-26/h25-27H,14-24H2,1-13H3. The Hall–Kier alpha value is 0.604. The van der Waals surface area contributed by atoms with Crippen LogP contribution < -0.4 is 0 Å². The summed E-state index contributed by atoms with van der Waals surface area (Å²) in [7, 11) is -6.97. The molecule has 3 unspecified atom stereocenters. The highest BCUT2D eigenvalue weighted by atomic mass is 28.5. The number of epoxide rings is 2. The van der Waals surface area contributed by atoms with E-state index in [4.69, 9.17) is 53.7 Å². The summed E-state index contributed by atoms with van der Waals surface area (Å²) in [5, 5.41) is -0.574. The second kappa shape index (κ2) is 18.0. The fourth-order valence-electron chi connectivity index (χ4n) is 5.20. The highest BCUT2D eigenvalue weighted by Gasteiger charge is 2.54. The molecule has 0 radical (unpaired) electrons.